The molecule has 0 radical (unpaired) electrons. The van der Waals surface area contributed by atoms with Crippen molar-refractivity contribution in [2.75, 3.05) is 18.9 Å². The summed E-state index contributed by atoms with van der Waals surface area (Å²) >= 11 is 0. The number of imidazole rings is 1. The van der Waals surface area contributed by atoms with Crippen LogP contribution in [0.5, 0.6) is 0 Å². The van der Waals surface area contributed by atoms with E-state index >= 15 is 0 Å². The largest absolute Gasteiger partial charge is 0.357 e. The van der Waals surface area contributed by atoms with Crippen LogP contribution in [0, 0.1) is 5.82 Å². The van der Waals surface area contributed by atoms with Crippen molar-refractivity contribution < 1.29 is 4.39 Å². The standard InChI is InChI=1S/C22H23FN6/c1-3-10-25-14-15-9-12-29-19(13-15)28-20(16-4-6-17(23)7-5-16)21(29)18-8-11-26-22(24-2)27-18/h4-9,11-13,25H,3,10,14H2,1-2H3,(H,24,26,27). The maximum atomic E-state index is 13.5. The van der Waals surface area contributed by atoms with E-state index in [9.17, 15) is 4.39 Å². The number of nitrogens with zero attached hydrogens (tertiary/aromatic N) is 4. The molecular weight excluding hydrogens is 367 g/mol. The molecule has 0 unspecified atom stereocenters. The molecule has 0 bridgehead atoms. The van der Waals surface area contributed by atoms with Gasteiger partial charge in [0.1, 0.15) is 11.5 Å². The zero-order valence-corrected chi connectivity index (χ0v) is 16.5. The first-order valence-corrected chi connectivity index (χ1v) is 9.68. The summed E-state index contributed by atoms with van der Waals surface area (Å²) in [5.74, 6) is 0.255. The van der Waals surface area contributed by atoms with Crippen molar-refractivity contribution in [1.82, 2.24) is 24.7 Å². The van der Waals surface area contributed by atoms with Gasteiger partial charge in [-0.3, -0.25) is 4.40 Å². The smallest absolute Gasteiger partial charge is 0.222 e. The zero-order chi connectivity index (χ0) is 20.2. The molecule has 0 spiro atoms. The second-order valence-corrected chi connectivity index (χ2v) is 6.77. The lowest BCUT2D eigenvalue weighted by atomic mass is 10.1. The number of fused-ring (bicyclic) bond motifs is 1. The van der Waals surface area contributed by atoms with Gasteiger partial charge >= 0.3 is 0 Å². The third-order valence-electron chi connectivity index (χ3n) is 4.69. The first kappa shape index (κ1) is 19.0. The third-order valence-corrected chi connectivity index (χ3v) is 4.69. The van der Waals surface area contributed by atoms with Crippen molar-refractivity contribution in [1.29, 1.82) is 0 Å². The Bertz CT molecular complexity index is 1120. The molecular formula is C22H23FN6. The van der Waals surface area contributed by atoms with Crippen molar-refractivity contribution in [3.63, 3.8) is 0 Å². The fraction of sp³-hybridized carbons (Fsp3) is 0.227. The van der Waals surface area contributed by atoms with Crippen LogP contribution in [0.25, 0.3) is 28.3 Å². The number of rotatable bonds is 7. The Hall–Kier alpha value is -3.32. The van der Waals surface area contributed by atoms with Gasteiger partial charge in [0.05, 0.1) is 17.1 Å². The Balaban J connectivity index is 1.87. The number of pyridine rings is 1. The van der Waals surface area contributed by atoms with Crippen molar-refractivity contribution in [3.8, 4) is 22.6 Å². The first-order valence-electron chi connectivity index (χ1n) is 9.68. The molecule has 3 heterocycles. The molecule has 6 nitrogen and oxygen atoms in total. The van der Waals surface area contributed by atoms with E-state index in [0.29, 0.717) is 5.95 Å². The van der Waals surface area contributed by atoms with E-state index in [4.69, 9.17) is 4.98 Å². The summed E-state index contributed by atoms with van der Waals surface area (Å²) in [5.41, 5.74) is 5.16. The summed E-state index contributed by atoms with van der Waals surface area (Å²) in [5, 5.41) is 6.39. The van der Waals surface area contributed by atoms with Crippen LogP contribution in [0.2, 0.25) is 0 Å². The van der Waals surface area contributed by atoms with E-state index in [1.807, 2.05) is 16.7 Å². The molecule has 0 atom stereocenters. The van der Waals surface area contributed by atoms with Crippen LogP contribution < -0.4 is 10.6 Å². The lowest BCUT2D eigenvalue weighted by Crippen LogP contribution is -2.13. The monoisotopic (exact) mass is 390 g/mol. The Labute approximate surface area is 168 Å². The van der Waals surface area contributed by atoms with E-state index in [1.54, 1.807) is 25.4 Å². The van der Waals surface area contributed by atoms with Crippen molar-refractivity contribution >= 4 is 11.6 Å². The SMILES string of the molecule is CCCNCc1ccn2c(-c3ccnc(NC)n3)c(-c3ccc(F)cc3)nc2c1. The minimum atomic E-state index is -0.275. The molecule has 29 heavy (non-hydrogen) atoms. The summed E-state index contributed by atoms with van der Waals surface area (Å²) in [6.07, 6.45) is 4.81. The number of nitrogens with one attached hydrogen (secondary N) is 2. The van der Waals surface area contributed by atoms with Crippen LogP contribution in [0.15, 0.2) is 54.9 Å². The lowest BCUT2D eigenvalue weighted by molar-refractivity contribution is 0.628. The number of benzene rings is 1. The van der Waals surface area contributed by atoms with E-state index in [2.05, 4.69) is 39.7 Å². The Morgan fingerprint density at radius 3 is 2.66 bits per heavy atom. The van der Waals surface area contributed by atoms with Crippen LogP contribution in [-0.2, 0) is 6.54 Å². The molecule has 0 amide bonds. The molecule has 2 N–H and O–H groups in total. The molecule has 0 aliphatic carbocycles. The van der Waals surface area contributed by atoms with Crippen LogP contribution in [0.4, 0.5) is 10.3 Å². The van der Waals surface area contributed by atoms with E-state index < -0.39 is 0 Å². The van der Waals surface area contributed by atoms with E-state index in [0.717, 1.165) is 53.4 Å². The molecule has 1 aromatic carbocycles. The van der Waals surface area contributed by atoms with Gasteiger partial charge in [-0.25, -0.2) is 19.3 Å². The highest BCUT2D eigenvalue weighted by Crippen LogP contribution is 2.32. The van der Waals surface area contributed by atoms with Crippen LogP contribution >= 0.6 is 0 Å². The van der Waals surface area contributed by atoms with Gasteiger partial charge < -0.3 is 10.6 Å². The fourth-order valence-corrected chi connectivity index (χ4v) is 3.27. The maximum absolute atomic E-state index is 13.5. The topological polar surface area (TPSA) is 67.1 Å². The molecule has 0 saturated heterocycles. The Morgan fingerprint density at radius 1 is 1.07 bits per heavy atom. The van der Waals surface area contributed by atoms with E-state index in [-0.39, 0.29) is 5.82 Å². The average molecular weight is 390 g/mol. The summed E-state index contributed by atoms with van der Waals surface area (Å²) in [7, 11) is 1.78. The summed E-state index contributed by atoms with van der Waals surface area (Å²) in [6, 6.07) is 12.4. The molecule has 0 aliphatic heterocycles. The summed E-state index contributed by atoms with van der Waals surface area (Å²) < 4.78 is 15.5. The Kier molecular flexibility index (Phi) is 5.48. The molecule has 4 rings (SSSR count). The molecule has 4 aromatic rings. The molecule has 0 aliphatic rings. The number of hydrogen-bond donors (Lipinski definition) is 2. The van der Waals surface area contributed by atoms with Gasteiger partial charge in [-0.1, -0.05) is 6.92 Å². The molecule has 148 valence electrons. The Morgan fingerprint density at radius 2 is 1.90 bits per heavy atom. The predicted octanol–water partition coefficient (Wildman–Crippen LogP) is 4.14. The fourth-order valence-electron chi connectivity index (χ4n) is 3.27. The van der Waals surface area contributed by atoms with Crippen molar-refractivity contribution in [2.45, 2.75) is 19.9 Å². The maximum Gasteiger partial charge on any atom is 0.222 e. The molecule has 0 saturated carbocycles. The highest BCUT2D eigenvalue weighted by molar-refractivity contribution is 5.80. The second kappa shape index (κ2) is 8.36. The zero-order valence-electron chi connectivity index (χ0n) is 16.5. The normalized spacial score (nSPS) is 11.1. The molecule has 0 fully saturated rings. The van der Waals surface area contributed by atoms with Gasteiger partial charge in [-0.05, 0) is 61.0 Å². The predicted molar refractivity (Wildman–Crippen MR) is 113 cm³/mol. The number of halogens is 1. The van der Waals surface area contributed by atoms with Gasteiger partial charge in [-0.15, -0.1) is 0 Å². The quantitative estimate of drug-likeness (QED) is 0.464. The van der Waals surface area contributed by atoms with Crippen LogP contribution in [0.1, 0.15) is 18.9 Å². The third kappa shape index (κ3) is 3.95. The summed E-state index contributed by atoms with van der Waals surface area (Å²) in [4.78, 5) is 13.7. The minimum Gasteiger partial charge on any atom is -0.357 e. The van der Waals surface area contributed by atoms with Gasteiger partial charge in [0, 0.05) is 31.5 Å². The summed E-state index contributed by atoms with van der Waals surface area (Å²) in [6.45, 7) is 3.91. The van der Waals surface area contributed by atoms with Gasteiger partial charge in [0.15, 0.2) is 0 Å². The molecule has 7 heteroatoms. The number of aromatic nitrogens is 4. The second-order valence-electron chi connectivity index (χ2n) is 6.77. The minimum absolute atomic E-state index is 0.275. The highest BCUT2D eigenvalue weighted by atomic mass is 19.1. The first-order chi connectivity index (χ1) is 14.2. The average Bonchev–Trinajstić information content (AvgIpc) is 3.13. The van der Waals surface area contributed by atoms with Crippen LogP contribution in [-0.4, -0.2) is 32.9 Å². The van der Waals surface area contributed by atoms with Gasteiger partial charge in [0.2, 0.25) is 5.95 Å². The van der Waals surface area contributed by atoms with Gasteiger partial charge in [0.25, 0.3) is 0 Å². The van der Waals surface area contributed by atoms with Crippen molar-refractivity contribution in [3.05, 3.63) is 66.2 Å². The van der Waals surface area contributed by atoms with E-state index in [1.165, 1.54) is 12.1 Å². The van der Waals surface area contributed by atoms with Crippen molar-refractivity contribution in [2.24, 2.45) is 0 Å². The lowest BCUT2D eigenvalue weighted by Gasteiger charge is -2.08. The van der Waals surface area contributed by atoms with Crippen LogP contribution in [0.3, 0.4) is 0 Å². The molecule has 3 aromatic heterocycles. The van der Waals surface area contributed by atoms with Gasteiger partial charge in [-0.2, -0.15) is 0 Å². The number of anilines is 1. The highest BCUT2D eigenvalue weighted by Gasteiger charge is 2.18. The number of hydrogen-bond acceptors (Lipinski definition) is 5.